The molecule has 10 heteroatoms. The normalized spacial score (nSPS) is 10.5. The highest BCUT2D eigenvalue weighted by Gasteiger charge is 2.25. The number of nitrogens with zero attached hydrogens (tertiary/aromatic N) is 5. The van der Waals surface area contributed by atoms with Gasteiger partial charge in [-0.3, -0.25) is 0 Å². The zero-order valence-corrected chi connectivity index (χ0v) is 66.4. The maximum atomic E-state index is 6.75. The summed E-state index contributed by atoms with van der Waals surface area (Å²) in [5, 5.41) is 0. The number of pyridine rings is 1. The highest BCUT2D eigenvalue weighted by atomic mass is 35.5. The van der Waals surface area contributed by atoms with Gasteiger partial charge in [-0.2, -0.15) is 0 Å². The molecule has 0 amide bonds. The molecule has 0 unspecified atom stereocenters. The topological polar surface area (TPSA) is 58.0 Å². The van der Waals surface area contributed by atoms with Crippen molar-refractivity contribution < 1.29 is 31.6 Å². The van der Waals surface area contributed by atoms with Gasteiger partial charge in [0.2, 0.25) is 6.20 Å². The van der Waals surface area contributed by atoms with Crippen molar-refractivity contribution in [1.29, 1.82) is 0 Å². The zero-order chi connectivity index (χ0) is 79.5. The lowest BCUT2D eigenvalue weighted by Gasteiger charge is -2.32. The minimum absolute atomic E-state index is 0. The summed E-state index contributed by atoms with van der Waals surface area (Å²) in [6, 6.07) is 167. The van der Waals surface area contributed by atoms with Crippen LogP contribution in [0.3, 0.4) is 0 Å². The number of nitrogens with one attached hydrogen (secondary N) is 1. The van der Waals surface area contributed by atoms with Crippen LogP contribution in [0.5, 0.6) is 34.5 Å². The maximum absolute atomic E-state index is 6.75. The van der Waals surface area contributed by atoms with Gasteiger partial charge in [-0.05, 0) is 199 Å². The van der Waals surface area contributed by atoms with E-state index in [4.69, 9.17) is 14.2 Å². The van der Waals surface area contributed by atoms with Gasteiger partial charge in [0.1, 0.15) is 34.4 Å². The molecular formula is C109H87ClN6O3. The standard InChI is InChI=1S/C66H50N4O2.C23H18N2O.C20H18.ClH/c1-9-26-51(27-10-1)67(52-28-11-2-12-29-52)59-45-61(49-65(47-59)71-63-40-21-7-22-41-63)69(55-34-17-5-18-35-55)57-38-25-39-58(44-57)70(56-36-19-6-20-37-56)62-46-60(48-66(50-62)72-64-42-23-8-24-43-64)68(53-30-13-3-14-31-53)54-32-15-4-16-33-54;1-4-10-19(11-5-1)25(20-12-6-2-7-13-20)21-16-23(18-24-17-21)26-22-14-8-3-9-15-22;1-3-8-17(9-4-1)14-19-12-7-13-20(16-19)15-18-10-5-2-6-11-18;/h1-50H;1-18H;1-13,16H,14-15H2;1H. The Kier molecular flexibility index (Phi) is 26.5. The third-order valence-electron chi connectivity index (χ3n) is 19.7. The quantitative estimate of drug-likeness (QED) is 0.0561. The molecule has 18 rings (SSSR count). The Labute approximate surface area is 704 Å². The van der Waals surface area contributed by atoms with Crippen LogP contribution >= 0.6 is 0 Å². The molecule has 1 aromatic heterocycles. The van der Waals surface area contributed by atoms with Crippen LogP contribution in [0.4, 0.5) is 85.3 Å². The fraction of sp³-hybridized carbons (Fsp3) is 0.0183. The summed E-state index contributed by atoms with van der Waals surface area (Å²) in [7, 11) is 0. The smallest absolute Gasteiger partial charge is 0.210 e. The first kappa shape index (κ1) is 78.8. The molecule has 0 aliphatic carbocycles. The molecule has 0 saturated carbocycles. The Morgan fingerprint density at radius 2 is 0.353 bits per heavy atom. The number of rotatable bonds is 25. The van der Waals surface area contributed by atoms with Crippen LogP contribution in [0.15, 0.2) is 498 Å². The molecule has 0 fully saturated rings. The van der Waals surface area contributed by atoms with Gasteiger partial charge in [-0.25, -0.2) is 4.98 Å². The average Bonchev–Trinajstić information content (AvgIpc) is 0.770. The highest BCUT2D eigenvalue weighted by molar-refractivity contribution is 5.89. The van der Waals surface area contributed by atoms with Gasteiger partial charge in [0.15, 0.2) is 11.9 Å². The third-order valence-corrected chi connectivity index (χ3v) is 19.7. The summed E-state index contributed by atoms with van der Waals surface area (Å²) < 4.78 is 19.5. The van der Waals surface area contributed by atoms with E-state index < -0.39 is 0 Å². The number of para-hydroxylation sites is 11. The average molecular weight is 1560 g/mol. The second-order valence-electron chi connectivity index (χ2n) is 28.1. The van der Waals surface area contributed by atoms with Crippen LogP contribution in [0, 0.1) is 0 Å². The van der Waals surface area contributed by atoms with Crippen LogP contribution in [0.2, 0.25) is 0 Å². The first-order chi connectivity index (χ1) is 58.5. The van der Waals surface area contributed by atoms with Crippen LogP contribution in [0.1, 0.15) is 22.3 Å². The van der Waals surface area contributed by atoms with E-state index in [0.29, 0.717) is 11.5 Å². The van der Waals surface area contributed by atoms with Crippen LogP contribution in [0.25, 0.3) is 0 Å². The SMILES string of the molecule is [Cl-].c1ccc(Cc2cccc(Cc3ccccc3)c2)cc1.c1ccc(Oc2c[nH+]cc(N(c3ccccc3)c3ccccc3)c2)cc1.c1ccc(Oc2cc(N(c3ccccc3)c3ccccc3)cc(N(c3ccccc3)c3cccc(N(c4ccccc4)c4cc(Oc5ccccc5)cc(N(c5ccccc5)c5ccccc5)c4)c3)c2)cc1. The van der Waals surface area contributed by atoms with Gasteiger partial charge >= 0.3 is 0 Å². The molecule has 0 radical (unpaired) electrons. The van der Waals surface area contributed by atoms with Gasteiger partial charge in [0.05, 0.1) is 22.7 Å². The number of hydrogen-bond acceptors (Lipinski definition) is 8. The predicted molar refractivity (Wildman–Crippen MR) is 487 cm³/mol. The van der Waals surface area contributed by atoms with E-state index in [-0.39, 0.29) is 12.4 Å². The summed E-state index contributed by atoms with van der Waals surface area (Å²) in [6.45, 7) is 0. The van der Waals surface area contributed by atoms with E-state index in [9.17, 15) is 0 Å². The van der Waals surface area contributed by atoms with Crippen molar-refractivity contribution in [3.63, 3.8) is 0 Å². The number of hydrogen-bond donors (Lipinski definition) is 0. The van der Waals surface area contributed by atoms with Gasteiger partial charge in [0, 0.05) is 87.2 Å². The van der Waals surface area contributed by atoms with E-state index in [2.05, 4.69) is 357 Å². The number of H-pyrrole nitrogens is 1. The first-order valence-corrected chi connectivity index (χ1v) is 39.7. The number of halogens is 1. The third kappa shape index (κ3) is 20.9. The molecule has 0 aliphatic rings. The molecule has 0 saturated heterocycles. The molecule has 0 atom stereocenters. The molecule has 0 spiro atoms. The minimum atomic E-state index is 0. The first-order valence-electron chi connectivity index (χ1n) is 39.7. The van der Waals surface area contributed by atoms with Crippen molar-refractivity contribution in [2.45, 2.75) is 12.8 Å². The van der Waals surface area contributed by atoms with E-state index in [1.807, 2.05) is 170 Å². The Morgan fingerprint density at radius 1 is 0.151 bits per heavy atom. The fourth-order valence-corrected chi connectivity index (χ4v) is 14.4. The summed E-state index contributed by atoms with van der Waals surface area (Å²) in [5.41, 5.74) is 20.3. The lowest BCUT2D eigenvalue weighted by molar-refractivity contribution is -0.377. The maximum Gasteiger partial charge on any atom is 0.210 e. The summed E-state index contributed by atoms with van der Waals surface area (Å²) in [6.07, 6.45) is 5.83. The van der Waals surface area contributed by atoms with E-state index in [1.165, 1.54) is 22.3 Å². The Hall–Kier alpha value is -15.4. The molecule has 578 valence electrons. The van der Waals surface area contributed by atoms with Crippen molar-refractivity contribution in [2.24, 2.45) is 0 Å². The lowest BCUT2D eigenvalue weighted by Crippen LogP contribution is -3.00. The van der Waals surface area contributed by atoms with E-state index in [1.54, 1.807) is 0 Å². The summed E-state index contributed by atoms with van der Waals surface area (Å²) in [5.74, 6) is 4.44. The Bertz CT molecular complexity index is 5680. The Balaban J connectivity index is 0.000000189. The van der Waals surface area contributed by atoms with Crippen molar-refractivity contribution in [3.05, 3.63) is 520 Å². The van der Waals surface area contributed by atoms with Crippen LogP contribution in [-0.4, -0.2) is 0 Å². The number of ether oxygens (including phenoxy) is 3. The zero-order valence-electron chi connectivity index (χ0n) is 65.6. The van der Waals surface area contributed by atoms with Crippen molar-refractivity contribution in [3.8, 4) is 34.5 Å². The molecule has 0 bridgehead atoms. The van der Waals surface area contributed by atoms with E-state index in [0.717, 1.165) is 121 Å². The summed E-state index contributed by atoms with van der Waals surface area (Å²) >= 11 is 0. The minimum Gasteiger partial charge on any atom is -1.00 e. The van der Waals surface area contributed by atoms with Crippen LogP contribution in [-0.2, 0) is 12.8 Å². The number of anilines is 15. The van der Waals surface area contributed by atoms with Crippen molar-refractivity contribution >= 4 is 85.3 Å². The van der Waals surface area contributed by atoms with Gasteiger partial charge in [-0.1, -0.05) is 291 Å². The molecule has 1 heterocycles. The van der Waals surface area contributed by atoms with Gasteiger partial charge in [0.25, 0.3) is 0 Å². The Morgan fingerprint density at radius 3 is 0.639 bits per heavy atom. The van der Waals surface area contributed by atoms with Crippen molar-refractivity contribution in [1.82, 2.24) is 0 Å². The number of aromatic amines is 1. The molecule has 17 aromatic carbocycles. The highest BCUT2D eigenvalue weighted by Crippen LogP contribution is 2.48. The van der Waals surface area contributed by atoms with Crippen LogP contribution < -0.4 is 56.1 Å². The van der Waals surface area contributed by atoms with Gasteiger partial charge < -0.3 is 51.1 Å². The second kappa shape index (κ2) is 40.0. The van der Waals surface area contributed by atoms with E-state index >= 15 is 0 Å². The summed E-state index contributed by atoms with van der Waals surface area (Å²) in [4.78, 5) is 14.5. The monoisotopic (exact) mass is 1560 g/mol. The molecule has 18 aromatic rings. The molecular weight excluding hydrogens is 1480 g/mol. The largest absolute Gasteiger partial charge is 1.00 e. The molecule has 9 nitrogen and oxygen atoms in total. The predicted octanol–water partition coefficient (Wildman–Crippen LogP) is 26.8. The van der Waals surface area contributed by atoms with Gasteiger partial charge in [-0.15, -0.1) is 0 Å². The second-order valence-corrected chi connectivity index (χ2v) is 28.1. The lowest BCUT2D eigenvalue weighted by atomic mass is 9.99. The number of aromatic nitrogens is 1. The molecule has 1 N–H and O–H groups in total. The fourth-order valence-electron chi connectivity index (χ4n) is 14.4. The molecule has 0 aliphatic heterocycles. The number of benzene rings is 17. The molecule has 119 heavy (non-hydrogen) atoms. The van der Waals surface area contributed by atoms with Crippen molar-refractivity contribution in [2.75, 3.05) is 24.5 Å².